The number of phenols is 1. The molecule has 1 atom stereocenters. The van der Waals surface area contributed by atoms with Crippen molar-refractivity contribution in [3.63, 3.8) is 0 Å². The molecule has 4 nitrogen and oxygen atoms in total. The van der Waals surface area contributed by atoms with Crippen molar-refractivity contribution >= 4 is 5.69 Å². The smallest absolute Gasteiger partial charge is 0.138 e. The van der Waals surface area contributed by atoms with E-state index in [4.69, 9.17) is 0 Å². The van der Waals surface area contributed by atoms with Gasteiger partial charge in [-0.2, -0.15) is 0 Å². The maximum absolute atomic E-state index is 10.5. The van der Waals surface area contributed by atoms with Crippen molar-refractivity contribution in [1.29, 1.82) is 0 Å². The van der Waals surface area contributed by atoms with Crippen LogP contribution in [-0.2, 0) is 0 Å². The number of phenolic OH excluding ortho intramolecular Hbond substituents is 1. The number of piperazine rings is 1. The van der Waals surface area contributed by atoms with Gasteiger partial charge in [-0.15, -0.1) is 0 Å². The van der Waals surface area contributed by atoms with E-state index in [2.05, 4.69) is 9.80 Å². The summed E-state index contributed by atoms with van der Waals surface area (Å²) in [6.07, 6.45) is 6.11. The lowest BCUT2D eigenvalue weighted by Crippen LogP contribution is -2.49. The van der Waals surface area contributed by atoms with Crippen LogP contribution in [0, 0.1) is 5.92 Å². The van der Waals surface area contributed by atoms with Crippen LogP contribution in [0.15, 0.2) is 24.3 Å². The van der Waals surface area contributed by atoms with E-state index in [9.17, 15) is 10.2 Å². The molecule has 1 heterocycles. The predicted octanol–water partition coefficient (Wildman–Crippen LogP) is 2.46. The van der Waals surface area contributed by atoms with Crippen molar-refractivity contribution in [2.45, 2.75) is 38.2 Å². The summed E-state index contributed by atoms with van der Waals surface area (Å²) in [5, 5.41) is 20.4. The molecule has 4 heteroatoms. The fourth-order valence-electron chi connectivity index (χ4n) is 3.84. The zero-order valence-corrected chi connectivity index (χ0v) is 13.3. The highest BCUT2D eigenvalue weighted by molar-refractivity contribution is 5.57. The molecule has 0 radical (unpaired) electrons. The van der Waals surface area contributed by atoms with Gasteiger partial charge in [0.25, 0.3) is 0 Å². The maximum atomic E-state index is 10.5. The second-order valence-corrected chi connectivity index (χ2v) is 6.74. The summed E-state index contributed by atoms with van der Waals surface area (Å²) in [6.45, 7) is 4.54. The zero-order chi connectivity index (χ0) is 15.4. The number of nitrogens with zero attached hydrogens (tertiary/aromatic N) is 2. The Morgan fingerprint density at radius 2 is 1.68 bits per heavy atom. The largest absolute Gasteiger partial charge is 0.506 e. The van der Waals surface area contributed by atoms with Gasteiger partial charge < -0.3 is 15.1 Å². The Hall–Kier alpha value is -1.26. The zero-order valence-electron chi connectivity index (χ0n) is 13.3. The first kappa shape index (κ1) is 15.6. The van der Waals surface area contributed by atoms with Gasteiger partial charge >= 0.3 is 0 Å². The lowest BCUT2D eigenvalue weighted by molar-refractivity contribution is 0.0459. The molecule has 2 N–H and O–H groups in total. The van der Waals surface area contributed by atoms with Crippen LogP contribution in [-0.4, -0.2) is 53.9 Å². The van der Waals surface area contributed by atoms with Gasteiger partial charge in [-0.25, -0.2) is 0 Å². The summed E-state index contributed by atoms with van der Waals surface area (Å²) in [4.78, 5) is 4.61. The molecule has 0 amide bonds. The molecule has 22 heavy (non-hydrogen) atoms. The molecule has 3 rings (SSSR count). The third-order valence-electron chi connectivity index (χ3n) is 5.23. The van der Waals surface area contributed by atoms with Crippen LogP contribution >= 0.6 is 0 Å². The monoisotopic (exact) mass is 304 g/mol. The highest BCUT2D eigenvalue weighted by atomic mass is 16.3. The van der Waals surface area contributed by atoms with Gasteiger partial charge in [0.2, 0.25) is 0 Å². The molecule has 1 unspecified atom stereocenters. The average molecular weight is 304 g/mol. The number of β-amino-alcohol motifs (C(OH)–C–C–N with tert-alkyl or cyclic N) is 1. The quantitative estimate of drug-likeness (QED) is 0.897. The number of anilines is 1. The molecule has 2 fully saturated rings. The molecule has 1 aliphatic carbocycles. The molecule has 1 saturated heterocycles. The molecule has 1 aliphatic heterocycles. The van der Waals surface area contributed by atoms with Crippen LogP contribution < -0.4 is 4.90 Å². The second-order valence-electron chi connectivity index (χ2n) is 6.74. The number of para-hydroxylation sites is 2. The first-order chi connectivity index (χ1) is 10.7. The van der Waals surface area contributed by atoms with E-state index in [1.54, 1.807) is 6.07 Å². The third kappa shape index (κ3) is 3.73. The van der Waals surface area contributed by atoms with E-state index in [0.717, 1.165) is 38.4 Å². The standard InChI is InChI=1S/C18H28N2O2/c21-17-9-5-4-8-16(17)20-12-10-19(11-13-20)14-18(22)15-6-2-1-3-7-15/h4-5,8-9,15,18,21-22H,1-3,6-7,10-14H2. The number of hydrogen-bond donors (Lipinski definition) is 2. The fraction of sp³-hybridized carbons (Fsp3) is 0.667. The predicted molar refractivity (Wildman–Crippen MR) is 89.3 cm³/mol. The molecule has 1 aromatic carbocycles. The highest BCUT2D eigenvalue weighted by Crippen LogP contribution is 2.29. The van der Waals surface area contributed by atoms with Crippen LogP contribution in [0.2, 0.25) is 0 Å². The summed E-state index contributed by atoms with van der Waals surface area (Å²) in [5.74, 6) is 0.864. The topological polar surface area (TPSA) is 46.9 Å². The molecule has 122 valence electrons. The van der Waals surface area contributed by atoms with Gasteiger partial charge in [0.1, 0.15) is 5.75 Å². The lowest BCUT2D eigenvalue weighted by atomic mass is 9.85. The van der Waals surface area contributed by atoms with Crippen LogP contribution in [0.4, 0.5) is 5.69 Å². The minimum atomic E-state index is -0.169. The summed E-state index contributed by atoms with van der Waals surface area (Å²) in [5.41, 5.74) is 0.926. The number of aromatic hydroxyl groups is 1. The van der Waals surface area contributed by atoms with Crippen molar-refractivity contribution in [2.24, 2.45) is 5.92 Å². The maximum Gasteiger partial charge on any atom is 0.138 e. The Morgan fingerprint density at radius 3 is 2.36 bits per heavy atom. The van der Waals surface area contributed by atoms with Crippen LogP contribution in [0.25, 0.3) is 0 Å². The number of hydrogen-bond acceptors (Lipinski definition) is 4. The van der Waals surface area contributed by atoms with E-state index in [0.29, 0.717) is 11.7 Å². The Bertz CT molecular complexity index is 466. The molecule has 1 saturated carbocycles. The van der Waals surface area contributed by atoms with Gasteiger partial charge in [-0.05, 0) is 30.9 Å². The molecule has 0 spiro atoms. The lowest BCUT2D eigenvalue weighted by Gasteiger charge is -2.38. The molecular weight excluding hydrogens is 276 g/mol. The van der Waals surface area contributed by atoms with E-state index in [1.807, 2.05) is 18.2 Å². The van der Waals surface area contributed by atoms with Crippen molar-refractivity contribution in [1.82, 2.24) is 4.90 Å². The van der Waals surface area contributed by atoms with E-state index < -0.39 is 0 Å². The van der Waals surface area contributed by atoms with Crippen LogP contribution in [0.5, 0.6) is 5.75 Å². The number of aliphatic hydroxyl groups is 1. The van der Waals surface area contributed by atoms with Gasteiger partial charge in [0, 0.05) is 32.7 Å². The van der Waals surface area contributed by atoms with Gasteiger partial charge in [-0.1, -0.05) is 31.4 Å². The first-order valence-electron chi connectivity index (χ1n) is 8.67. The molecule has 1 aromatic rings. The van der Waals surface area contributed by atoms with Crippen molar-refractivity contribution in [3.8, 4) is 5.75 Å². The summed E-state index contributed by atoms with van der Waals surface area (Å²) < 4.78 is 0. The number of benzene rings is 1. The molecule has 2 aliphatic rings. The number of aliphatic hydroxyl groups excluding tert-OH is 1. The molecular formula is C18H28N2O2. The van der Waals surface area contributed by atoms with Crippen LogP contribution in [0.3, 0.4) is 0 Å². The minimum Gasteiger partial charge on any atom is -0.506 e. The average Bonchev–Trinajstić information content (AvgIpc) is 2.57. The van der Waals surface area contributed by atoms with Gasteiger partial charge in [-0.3, -0.25) is 4.90 Å². The fourth-order valence-corrected chi connectivity index (χ4v) is 3.84. The summed E-state index contributed by atoms with van der Waals surface area (Å²) >= 11 is 0. The Kier molecular flexibility index (Phi) is 5.21. The summed E-state index contributed by atoms with van der Waals surface area (Å²) in [6, 6.07) is 7.54. The van der Waals surface area contributed by atoms with Crippen molar-refractivity contribution in [3.05, 3.63) is 24.3 Å². The van der Waals surface area contributed by atoms with Crippen LogP contribution in [0.1, 0.15) is 32.1 Å². The van der Waals surface area contributed by atoms with Gasteiger partial charge in [0.05, 0.1) is 11.8 Å². The normalized spacial score (nSPS) is 22.7. The minimum absolute atomic E-state index is 0.169. The van der Waals surface area contributed by atoms with E-state index in [1.165, 1.54) is 32.1 Å². The molecule has 0 bridgehead atoms. The second kappa shape index (κ2) is 7.34. The Morgan fingerprint density at radius 1 is 1.00 bits per heavy atom. The van der Waals surface area contributed by atoms with E-state index >= 15 is 0 Å². The molecule has 0 aromatic heterocycles. The third-order valence-corrected chi connectivity index (χ3v) is 5.23. The Labute approximate surface area is 133 Å². The van der Waals surface area contributed by atoms with Crippen molar-refractivity contribution in [2.75, 3.05) is 37.6 Å². The SMILES string of the molecule is Oc1ccccc1N1CCN(CC(O)C2CCCCC2)CC1. The summed E-state index contributed by atoms with van der Waals surface area (Å²) in [7, 11) is 0. The van der Waals surface area contributed by atoms with E-state index in [-0.39, 0.29) is 6.10 Å². The first-order valence-corrected chi connectivity index (χ1v) is 8.67. The van der Waals surface area contributed by atoms with Gasteiger partial charge in [0.15, 0.2) is 0 Å². The number of rotatable bonds is 4. The van der Waals surface area contributed by atoms with Crippen molar-refractivity contribution < 1.29 is 10.2 Å². The highest BCUT2D eigenvalue weighted by Gasteiger charge is 2.26. The Balaban J connectivity index is 1.48.